The topological polar surface area (TPSA) is 512 Å². The van der Waals surface area contributed by atoms with Crippen LogP contribution in [0.3, 0.4) is 0 Å². The van der Waals surface area contributed by atoms with Crippen molar-refractivity contribution >= 4 is 0 Å². The molecule has 0 aromatic carbocycles. The predicted molar refractivity (Wildman–Crippen MR) is 201 cm³/mol. The highest BCUT2D eigenvalue weighted by molar-refractivity contribution is 5.01. The smallest absolute Gasteiger partial charge is 0.187 e. The number of rotatable bonds is 17. The van der Waals surface area contributed by atoms with Crippen molar-refractivity contribution in [1.29, 1.82) is 0 Å². The SMILES string of the molecule is N[C@H]1C(O)O[C@H](CO)[C@@H](O[C@H]2O[C@H](CO)[C@@H](O)[C@H](O[C@H]3O[C@H](CO)[C@@H](O)[C@H](O[C@@H]4O[C@@H]([C@H](O)CO)[C@H](O[C@H]5O[C@H](CO)[C@H](O)[C@H](O[C@@H]6O[C@H](CO)[C@H](O)[C@H](O)[C@H]6O)[C@H]5O)[C@H]4O)[C@@H]3O)[C@@H]2O)[C@@H]1O. The van der Waals surface area contributed by atoms with Gasteiger partial charge in [0.15, 0.2) is 37.7 Å². The van der Waals surface area contributed by atoms with Crippen molar-refractivity contribution in [3.05, 3.63) is 0 Å². The molecule has 21 N–H and O–H groups in total. The molecule has 0 spiro atoms. The molecule has 31 heteroatoms. The maximum Gasteiger partial charge on any atom is 0.187 e. The van der Waals surface area contributed by atoms with Gasteiger partial charge in [0.1, 0.15) is 140 Å². The Bertz CT molecular complexity index is 1510. The van der Waals surface area contributed by atoms with E-state index in [0.717, 1.165) is 0 Å². The van der Waals surface area contributed by atoms with Gasteiger partial charge in [-0.25, -0.2) is 0 Å². The van der Waals surface area contributed by atoms with Crippen LogP contribution in [-0.4, -0.2) is 321 Å². The average Bonchev–Trinajstić information content (AvgIpc) is 3.62. The van der Waals surface area contributed by atoms with Crippen LogP contribution in [0, 0.1) is 0 Å². The fourth-order valence-electron chi connectivity index (χ4n) is 8.55. The van der Waals surface area contributed by atoms with Crippen LogP contribution in [0.15, 0.2) is 0 Å². The lowest BCUT2D eigenvalue weighted by molar-refractivity contribution is -0.380. The third kappa shape index (κ3) is 11.2. The lowest BCUT2D eigenvalue weighted by atomic mass is 9.95. The van der Waals surface area contributed by atoms with E-state index in [2.05, 4.69) is 0 Å². The zero-order valence-electron chi connectivity index (χ0n) is 35.1. The number of hydrogen-bond acceptors (Lipinski definition) is 31. The molecule has 0 aromatic rings. The summed E-state index contributed by atoms with van der Waals surface area (Å²) in [5.41, 5.74) is 5.77. The van der Waals surface area contributed by atoms with E-state index in [4.69, 9.17) is 57.8 Å². The van der Waals surface area contributed by atoms with Crippen LogP contribution in [0.2, 0.25) is 0 Å². The highest BCUT2D eigenvalue weighted by Crippen LogP contribution is 2.37. The minimum absolute atomic E-state index is 0.838. The van der Waals surface area contributed by atoms with Gasteiger partial charge in [-0.15, -0.1) is 0 Å². The summed E-state index contributed by atoms with van der Waals surface area (Å²) in [6.45, 7) is -5.72. The molecule has 30 atom stereocenters. The van der Waals surface area contributed by atoms with Crippen LogP contribution in [-0.2, 0) is 52.1 Å². The van der Waals surface area contributed by atoms with Gasteiger partial charge < -0.3 is 155 Å². The van der Waals surface area contributed by atoms with Crippen LogP contribution in [0.5, 0.6) is 0 Å². The van der Waals surface area contributed by atoms with E-state index in [1.807, 2.05) is 0 Å². The molecule has 6 rings (SSSR count). The molecule has 0 aromatic heterocycles. The van der Waals surface area contributed by atoms with Gasteiger partial charge in [0.2, 0.25) is 0 Å². The van der Waals surface area contributed by atoms with Gasteiger partial charge in [0.05, 0.1) is 45.7 Å². The first-order valence-corrected chi connectivity index (χ1v) is 21.2. The van der Waals surface area contributed by atoms with E-state index in [0.29, 0.717) is 0 Å². The summed E-state index contributed by atoms with van der Waals surface area (Å²) in [6.07, 6.45) is -54.9. The molecular weight excluding hydrogens is 926 g/mol. The second kappa shape index (κ2) is 23.5. The largest absolute Gasteiger partial charge is 0.394 e. The maximum absolute atomic E-state index is 11.5. The van der Waals surface area contributed by atoms with Crippen LogP contribution < -0.4 is 5.73 Å². The average molecular weight is 990 g/mol. The van der Waals surface area contributed by atoms with Crippen molar-refractivity contribution in [3.63, 3.8) is 0 Å². The summed E-state index contributed by atoms with van der Waals surface area (Å²) in [5, 5.41) is 201. The normalized spacial score (nSPS) is 52.6. The van der Waals surface area contributed by atoms with Crippen molar-refractivity contribution in [2.24, 2.45) is 5.73 Å². The number of aliphatic hydroxyl groups excluding tert-OH is 19. The second-order valence-electron chi connectivity index (χ2n) is 16.8. The van der Waals surface area contributed by atoms with Crippen molar-refractivity contribution < 1.29 is 149 Å². The number of hydrogen-bond donors (Lipinski definition) is 20. The van der Waals surface area contributed by atoms with Crippen LogP contribution in [0.4, 0.5) is 0 Å². The molecule has 0 amide bonds. The molecular formula is C36H63NO30. The Morgan fingerprint density at radius 1 is 0.343 bits per heavy atom. The van der Waals surface area contributed by atoms with Crippen LogP contribution in [0.25, 0.3) is 0 Å². The van der Waals surface area contributed by atoms with Crippen LogP contribution >= 0.6 is 0 Å². The van der Waals surface area contributed by atoms with E-state index in [9.17, 15) is 97.0 Å². The Kier molecular flexibility index (Phi) is 19.4. The van der Waals surface area contributed by atoms with E-state index in [1.54, 1.807) is 0 Å². The predicted octanol–water partition coefficient (Wildman–Crippen LogP) is -14.1. The Hall–Kier alpha value is -1.24. The summed E-state index contributed by atoms with van der Waals surface area (Å²) in [5.74, 6) is 0. The Morgan fingerprint density at radius 3 is 1.06 bits per heavy atom. The zero-order chi connectivity index (χ0) is 49.3. The summed E-state index contributed by atoms with van der Waals surface area (Å²) >= 11 is 0. The first-order chi connectivity index (χ1) is 31.8. The van der Waals surface area contributed by atoms with Gasteiger partial charge in [-0.05, 0) is 0 Å². The van der Waals surface area contributed by atoms with Gasteiger partial charge >= 0.3 is 0 Å². The van der Waals surface area contributed by atoms with Gasteiger partial charge in [0.25, 0.3) is 0 Å². The minimum atomic E-state index is -2.22. The molecule has 392 valence electrons. The van der Waals surface area contributed by atoms with Gasteiger partial charge in [-0.3, -0.25) is 0 Å². The Balaban J connectivity index is 1.18. The summed E-state index contributed by atoms with van der Waals surface area (Å²) < 4.78 is 61.2. The van der Waals surface area contributed by atoms with Crippen molar-refractivity contribution in [3.8, 4) is 0 Å². The standard InChI is InChI=1S/C36H63NO30/c37-13-18(49)26(12(6-43)57-31(13)56)63-33-21(52)28(16(47)9(3-40)59-33)65-34-22(53)29(17(48)10(4-41)60-34)66-36-24(55)30(25(62-36)7(44)1-38)67-35-23(54)27(15(46)11(5-42)61-35)64-32-20(51)19(50)14(45)8(2-39)58-32/h7-36,38-56H,1-6,37H2/t7-,8-,9-,10-,11-,12-,13-,14+,15+,16-,17-,18-,19+,20-,21+,22+,23-,24-,25+,26-,27+,28+,29+,30-,31?,32+,33-,34-,35-,36+/m1/s1. The number of aliphatic hydroxyl groups is 19. The Labute approximate surface area is 378 Å². The first-order valence-electron chi connectivity index (χ1n) is 21.2. The molecule has 6 aliphatic heterocycles. The lowest BCUT2D eigenvalue weighted by Crippen LogP contribution is -2.67. The third-order valence-electron chi connectivity index (χ3n) is 12.5. The quantitative estimate of drug-likeness (QED) is 0.0643. The van der Waals surface area contributed by atoms with Gasteiger partial charge in [-0.2, -0.15) is 0 Å². The molecule has 0 bridgehead atoms. The molecule has 6 saturated heterocycles. The zero-order valence-corrected chi connectivity index (χ0v) is 35.1. The van der Waals surface area contributed by atoms with E-state index in [-0.39, 0.29) is 0 Å². The second-order valence-corrected chi connectivity index (χ2v) is 16.8. The van der Waals surface area contributed by atoms with E-state index in [1.165, 1.54) is 0 Å². The molecule has 6 aliphatic rings. The molecule has 31 nitrogen and oxygen atoms in total. The lowest BCUT2D eigenvalue weighted by Gasteiger charge is -2.48. The number of ether oxygens (including phenoxy) is 11. The summed E-state index contributed by atoms with van der Waals surface area (Å²) in [6, 6.07) is -1.48. The molecule has 0 saturated carbocycles. The molecule has 0 radical (unpaired) electrons. The fourth-order valence-corrected chi connectivity index (χ4v) is 8.55. The maximum atomic E-state index is 11.5. The molecule has 67 heavy (non-hydrogen) atoms. The molecule has 1 unspecified atom stereocenters. The van der Waals surface area contributed by atoms with Gasteiger partial charge in [0, 0.05) is 0 Å². The Morgan fingerprint density at radius 2 is 0.672 bits per heavy atom. The highest BCUT2D eigenvalue weighted by Gasteiger charge is 2.58. The fraction of sp³-hybridized carbons (Fsp3) is 1.00. The summed E-state index contributed by atoms with van der Waals surface area (Å²) in [7, 11) is 0. The first kappa shape index (κ1) is 55.1. The molecule has 6 fully saturated rings. The molecule has 6 heterocycles. The minimum Gasteiger partial charge on any atom is -0.394 e. The van der Waals surface area contributed by atoms with Crippen molar-refractivity contribution in [2.45, 2.75) is 184 Å². The third-order valence-corrected chi connectivity index (χ3v) is 12.5. The number of nitrogens with two attached hydrogens (primary N) is 1. The van der Waals surface area contributed by atoms with E-state index >= 15 is 0 Å². The van der Waals surface area contributed by atoms with E-state index < -0.39 is 224 Å². The highest BCUT2D eigenvalue weighted by atomic mass is 16.8. The van der Waals surface area contributed by atoms with Crippen LogP contribution in [0.1, 0.15) is 0 Å². The van der Waals surface area contributed by atoms with Gasteiger partial charge in [-0.1, -0.05) is 0 Å². The summed E-state index contributed by atoms with van der Waals surface area (Å²) in [4.78, 5) is 0. The van der Waals surface area contributed by atoms with Crippen molar-refractivity contribution in [1.82, 2.24) is 0 Å². The monoisotopic (exact) mass is 989 g/mol. The molecule has 0 aliphatic carbocycles. The van der Waals surface area contributed by atoms with Crippen molar-refractivity contribution in [2.75, 3.05) is 39.6 Å².